The fraction of sp³-hybridized carbons (Fsp3) is 1.00. The van der Waals surface area contributed by atoms with Crippen molar-refractivity contribution in [2.75, 3.05) is 65.6 Å². The van der Waals surface area contributed by atoms with Gasteiger partial charge in [-0.1, -0.05) is 0 Å². The summed E-state index contributed by atoms with van der Waals surface area (Å²) in [6.07, 6.45) is -0.0148. The summed E-state index contributed by atoms with van der Waals surface area (Å²) in [4.78, 5) is 4.34. The third kappa shape index (κ3) is 4.35. The lowest BCUT2D eigenvalue weighted by Crippen LogP contribution is -2.59. The largest absolute Gasteiger partial charge is 0.395 e. The van der Waals surface area contributed by atoms with Crippen molar-refractivity contribution >= 4 is 0 Å². The van der Waals surface area contributed by atoms with Crippen molar-refractivity contribution in [1.29, 1.82) is 0 Å². The molecule has 0 bridgehead atoms. The summed E-state index contributed by atoms with van der Waals surface area (Å²) in [6, 6.07) is 0. The van der Waals surface area contributed by atoms with Crippen LogP contribution in [0.25, 0.3) is 0 Å². The van der Waals surface area contributed by atoms with E-state index in [4.69, 9.17) is 14.9 Å². The minimum Gasteiger partial charge on any atom is -0.395 e. The van der Waals surface area contributed by atoms with E-state index in [1.54, 1.807) is 0 Å². The molecule has 0 saturated carbocycles. The SMILES string of the molecule is OCCN1CCNCC1OC1CNCCN1CCO. The highest BCUT2D eigenvalue weighted by Gasteiger charge is 2.29. The number of ether oxygens (including phenoxy) is 1. The van der Waals surface area contributed by atoms with Crippen molar-refractivity contribution in [3.8, 4) is 0 Å². The number of hydrogen-bond donors (Lipinski definition) is 4. The number of aliphatic hydroxyl groups excluding tert-OH is 2. The van der Waals surface area contributed by atoms with Crippen LogP contribution in [-0.2, 0) is 4.74 Å². The molecule has 2 rings (SSSR count). The minimum absolute atomic E-state index is 0.00741. The van der Waals surface area contributed by atoms with Gasteiger partial charge in [0.05, 0.1) is 13.2 Å². The van der Waals surface area contributed by atoms with Crippen molar-refractivity contribution < 1.29 is 14.9 Å². The summed E-state index contributed by atoms with van der Waals surface area (Å²) in [6.45, 7) is 6.82. The van der Waals surface area contributed by atoms with E-state index >= 15 is 0 Å². The Morgan fingerprint density at radius 1 is 0.895 bits per heavy atom. The van der Waals surface area contributed by atoms with Crippen LogP contribution in [0.5, 0.6) is 0 Å². The Bertz CT molecular complexity index is 229. The molecule has 0 aromatic rings. The second-order valence-electron chi connectivity index (χ2n) is 4.97. The summed E-state index contributed by atoms with van der Waals surface area (Å²) in [5.74, 6) is 0. The van der Waals surface area contributed by atoms with E-state index in [0.29, 0.717) is 13.1 Å². The molecule has 2 aliphatic rings. The Morgan fingerprint density at radius 2 is 1.37 bits per heavy atom. The van der Waals surface area contributed by atoms with E-state index in [1.165, 1.54) is 0 Å². The normalized spacial score (nSPS) is 30.6. The van der Waals surface area contributed by atoms with Gasteiger partial charge < -0.3 is 25.6 Å². The van der Waals surface area contributed by atoms with Crippen LogP contribution in [0.1, 0.15) is 0 Å². The Hall–Kier alpha value is -0.280. The van der Waals surface area contributed by atoms with Crippen LogP contribution in [0.15, 0.2) is 0 Å². The van der Waals surface area contributed by atoms with Crippen molar-refractivity contribution in [2.24, 2.45) is 0 Å². The number of nitrogens with one attached hydrogen (secondary N) is 2. The molecular formula is C12H26N4O3. The first kappa shape index (κ1) is 15.1. The van der Waals surface area contributed by atoms with E-state index in [-0.39, 0.29) is 25.7 Å². The molecule has 0 radical (unpaired) electrons. The highest BCUT2D eigenvalue weighted by molar-refractivity contribution is 4.78. The number of hydrogen-bond acceptors (Lipinski definition) is 7. The zero-order valence-electron chi connectivity index (χ0n) is 11.4. The van der Waals surface area contributed by atoms with Crippen LogP contribution >= 0.6 is 0 Å². The maximum atomic E-state index is 9.10. The molecule has 2 heterocycles. The summed E-state index contributed by atoms with van der Waals surface area (Å²) < 4.78 is 6.17. The van der Waals surface area contributed by atoms with Gasteiger partial charge in [-0.2, -0.15) is 0 Å². The number of aliphatic hydroxyl groups is 2. The molecule has 2 fully saturated rings. The minimum atomic E-state index is -0.00741. The molecular weight excluding hydrogens is 248 g/mol. The first-order valence-electron chi connectivity index (χ1n) is 7.12. The zero-order valence-corrected chi connectivity index (χ0v) is 11.4. The predicted octanol–water partition coefficient (Wildman–Crippen LogP) is -2.55. The molecule has 0 aliphatic carbocycles. The molecule has 0 spiro atoms. The third-order valence-electron chi connectivity index (χ3n) is 3.69. The monoisotopic (exact) mass is 274 g/mol. The van der Waals surface area contributed by atoms with E-state index in [0.717, 1.165) is 39.3 Å². The van der Waals surface area contributed by atoms with Crippen molar-refractivity contribution in [3.63, 3.8) is 0 Å². The van der Waals surface area contributed by atoms with E-state index < -0.39 is 0 Å². The molecule has 112 valence electrons. The molecule has 2 aliphatic heterocycles. The van der Waals surface area contributed by atoms with Crippen molar-refractivity contribution in [2.45, 2.75) is 12.5 Å². The van der Waals surface area contributed by atoms with Gasteiger partial charge in [0.1, 0.15) is 12.5 Å². The summed E-state index contributed by atoms with van der Waals surface area (Å²) in [5.41, 5.74) is 0. The van der Waals surface area contributed by atoms with Gasteiger partial charge >= 0.3 is 0 Å². The molecule has 0 amide bonds. The topological polar surface area (TPSA) is 80.2 Å². The first-order chi connectivity index (χ1) is 9.35. The highest BCUT2D eigenvalue weighted by atomic mass is 16.5. The van der Waals surface area contributed by atoms with Crippen LogP contribution in [-0.4, -0.2) is 98.0 Å². The van der Waals surface area contributed by atoms with Crippen LogP contribution in [0.3, 0.4) is 0 Å². The van der Waals surface area contributed by atoms with Crippen LogP contribution in [0.4, 0.5) is 0 Å². The lowest BCUT2D eigenvalue weighted by Gasteiger charge is -2.42. The molecule has 4 N–H and O–H groups in total. The van der Waals surface area contributed by atoms with Gasteiger partial charge in [0.15, 0.2) is 0 Å². The zero-order chi connectivity index (χ0) is 13.5. The number of nitrogens with zero attached hydrogens (tertiary/aromatic N) is 2. The summed E-state index contributed by atoms with van der Waals surface area (Å²) in [5, 5.41) is 24.9. The van der Waals surface area contributed by atoms with Crippen LogP contribution in [0.2, 0.25) is 0 Å². The highest BCUT2D eigenvalue weighted by Crippen LogP contribution is 2.12. The van der Waals surface area contributed by atoms with Crippen LogP contribution in [0, 0.1) is 0 Å². The van der Waals surface area contributed by atoms with Crippen molar-refractivity contribution in [1.82, 2.24) is 20.4 Å². The summed E-state index contributed by atoms with van der Waals surface area (Å²) >= 11 is 0. The van der Waals surface area contributed by atoms with Gasteiger partial charge in [-0.15, -0.1) is 0 Å². The molecule has 0 aromatic carbocycles. The molecule has 19 heavy (non-hydrogen) atoms. The van der Waals surface area contributed by atoms with Gasteiger partial charge in [-0.25, -0.2) is 0 Å². The Labute approximate surface area is 114 Å². The average molecular weight is 274 g/mol. The Kier molecular flexibility index (Phi) is 6.45. The van der Waals surface area contributed by atoms with Crippen molar-refractivity contribution in [3.05, 3.63) is 0 Å². The molecule has 7 nitrogen and oxygen atoms in total. The average Bonchev–Trinajstić information content (AvgIpc) is 2.44. The second kappa shape index (κ2) is 8.11. The van der Waals surface area contributed by atoms with Gasteiger partial charge in [0.2, 0.25) is 0 Å². The Balaban J connectivity index is 1.88. The lowest BCUT2D eigenvalue weighted by atomic mass is 10.3. The fourth-order valence-corrected chi connectivity index (χ4v) is 2.66. The van der Waals surface area contributed by atoms with Gasteiger partial charge in [-0.05, 0) is 0 Å². The third-order valence-corrected chi connectivity index (χ3v) is 3.69. The molecule has 2 atom stereocenters. The standard InChI is InChI=1S/C12H26N4O3/c17-7-5-15-3-1-13-9-11(15)19-12-10-14-2-4-16(12)6-8-18/h11-14,17-18H,1-10H2. The van der Waals surface area contributed by atoms with Gasteiger partial charge in [-0.3, -0.25) is 9.80 Å². The maximum Gasteiger partial charge on any atom is 0.125 e. The Morgan fingerprint density at radius 3 is 1.79 bits per heavy atom. The number of rotatable bonds is 6. The lowest BCUT2D eigenvalue weighted by molar-refractivity contribution is -0.167. The molecule has 2 unspecified atom stereocenters. The number of piperazine rings is 2. The molecule has 0 aromatic heterocycles. The maximum absolute atomic E-state index is 9.10. The van der Waals surface area contributed by atoms with Crippen LogP contribution < -0.4 is 10.6 Å². The fourth-order valence-electron chi connectivity index (χ4n) is 2.66. The smallest absolute Gasteiger partial charge is 0.125 e. The molecule has 7 heteroatoms. The quantitative estimate of drug-likeness (QED) is 0.425. The van der Waals surface area contributed by atoms with E-state index in [9.17, 15) is 0 Å². The number of β-amino-alcohol motifs (C(OH)–C–C–N with tert-alkyl or cyclic N) is 2. The first-order valence-corrected chi connectivity index (χ1v) is 7.12. The predicted molar refractivity (Wildman–Crippen MR) is 71.7 cm³/mol. The van der Waals surface area contributed by atoms with E-state index in [2.05, 4.69) is 20.4 Å². The van der Waals surface area contributed by atoms with Gasteiger partial charge in [0.25, 0.3) is 0 Å². The molecule has 2 saturated heterocycles. The van der Waals surface area contributed by atoms with Gasteiger partial charge in [0, 0.05) is 52.4 Å². The summed E-state index contributed by atoms with van der Waals surface area (Å²) in [7, 11) is 0. The van der Waals surface area contributed by atoms with E-state index in [1.807, 2.05) is 0 Å². The second-order valence-corrected chi connectivity index (χ2v) is 4.97.